The Bertz CT molecular complexity index is 281. The highest BCUT2D eigenvalue weighted by Gasteiger charge is 2.24. The predicted octanol–water partition coefficient (Wildman–Crippen LogP) is 2.15. The molecule has 0 saturated heterocycles. The van der Waals surface area contributed by atoms with Crippen molar-refractivity contribution in [1.29, 1.82) is 0 Å². The van der Waals surface area contributed by atoms with Gasteiger partial charge in [-0.2, -0.15) is 5.10 Å². The molecule has 1 aromatic rings. The van der Waals surface area contributed by atoms with Crippen molar-refractivity contribution >= 4 is 0 Å². The van der Waals surface area contributed by atoms with Crippen LogP contribution in [0.3, 0.4) is 0 Å². The Labute approximate surface area is 92.1 Å². The van der Waals surface area contributed by atoms with Gasteiger partial charge >= 0.3 is 0 Å². The molecule has 86 valence electrons. The molecule has 0 radical (unpaired) electrons. The molecule has 1 heterocycles. The fourth-order valence-corrected chi connectivity index (χ4v) is 1.92. The highest BCUT2D eigenvalue weighted by Crippen LogP contribution is 2.31. The third kappa shape index (κ3) is 3.06. The van der Waals surface area contributed by atoms with Gasteiger partial charge in [0, 0.05) is 19.9 Å². The van der Waals surface area contributed by atoms with Crippen LogP contribution in [0.4, 0.5) is 0 Å². The Morgan fingerprint density at radius 3 is 2.47 bits per heavy atom. The van der Waals surface area contributed by atoms with Gasteiger partial charge in [0.15, 0.2) is 0 Å². The van der Waals surface area contributed by atoms with Gasteiger partial charge in [0.25, 0.3) is 0 Å². The molecule has 1 rings (SSSR count). The molecule has 3 heteroatoms. The third-order valence-corrected chi connectivity index (χ3v) is 3.54. The van der Waals surface area contributed by atoms with E-state index in [9.17, 15) is 5.11 Å². The van der Waals surface area contributed by atoms with E-state index < -0.39 is 0 Å². The van der Waals surface area contributed by atoms with E-state index in [1.165, 1.54) is 5.56 Å². The van der Waals surface area contributed by atoms with Crippen LogP contribution in [-0.4, -0.2) is 21.5 Å². The van der Waals surface area contributed by atoms with E-state index in [2.05, 4.69) is 18.9 Å². The summed E-state index contributed by atoms with van der Waals surface area (Å²) in [5, 5.41) is 13.6. The first-order valence-corrected chi connectivity index (χ1v) is 5.74. The maximum atomic E-state index is 9.44. The largest absolute Gasteiger partial charge is 0.396 e. The maximum absolute atomic E-state index is 9.44. The van der Waals surface area contributed by atoms with Crippen molar-refractivity contribution in [3.63, 3.8) is 0 Å². The molecular formula is C12H22N2O. The molecule has 0 saturated carbocycles. The van der Waals surface area contributed by atoms with E-state index in [-0.39, 0.29) is 5.41 Å². The topological polar surface area (TPSA) is 38.1 Å². The Kier molecular flexibility index (Phi) is 4.33. The number of hydrogen-bond acceptors (Lipinski definition) is 2. The van der Waals surface area contributed by atoms with Crippen LogP contribution >= 0.6 is 0 Å². The molecule has 15 heavy (non-hydrogen) atoms. The minimum Gasteiger partial charge on any atom is -0.396 e. The molecule has 1 N–H and O–H groups in total. The molecule has 0 aliphatic heterocycles. The van der Waals surface area contributed by atoms with Crippen molar-refractivity contribution in [2.75, 3.05) is 6.61 Å². The molecule has 0 aliphatic rings. The summed E-state index contributed by atoms with van der Waals surface area (Å²) in [5.41, 5.74) is 1.37. The van der Waals surface area contributed by atoms with E-state index in [0.717, 1.165) is 25.7 Å². The van der Waals surface area contributed by atoms with Gasteiger partial charge in [0.2, 0.25) is 0 Å². The first-order valence-electron chi connectivity index (χ1n) is 5.74. The Hall–Kier alpha value is -0.830. The van der Waals surface area contributed by atoms with Crippen LogP contribution < -0.4 is 0 Å². The average molecular weight is 210 g/mol. The normalized spacial score (nSPS) is 12.0. The lowest BCUT2D eigenvalue weighted by Crippen LogP contribution is -2.24. The van der Waals surface area contributed by atoms with Crippen molar-refractivity contribution in [3.05, 3.63) is 18.0 Å². The quantitative estimate of drug-likeness (QED) is 0.781. The van der Waals surface area contributed by atoms with E-state index in [1.807, 2.05) is 24.1 Å². The minimum atomic E-state index is 0.107. The lowest BCUT2D eigenvalue weighted by Gasteiger charge is -2.29. The summed E-state index contributed by atoms with van der Waals surface area (Å²) in [7, 11) is 1.93. The van der Waals surface area contributed by atoms with Crippen LogP contribution in [0, 0.1) is 5.41 Å². The Morgan fingerprint density at radius 2 is 2.07 bits per heavy atom. The molecule has 3 nitrogen and oxygen atoms in total. The number of aliphatic hydroxyl groups excluding tert-OH is 1. The van der Waals surface area contributed by atoms with E-state index in [0.29, 0.717) is 6.61 Å². The predicted molar refractivity (Wildman–Crippen MR) is 61.6 cm³/mol. The van der Waals surface area contributed by atoms with Gasteiger partial charge in [0.05, 0.1) is 6.20 Å². The van der Waals surface area contributed by atoms with Gasteiger partial charge in [-0.05, 0) is 36.7 Å². The number of aliphatic hydroxyl groups is 1. The summed E-state index contributed by atoms with van der Waals surface area (Å²) in [6, 6.07) is 0. The Morgan fingerprint density at radius 1 is 1.40 bits per heavy atom. The van der Waals surface area contributed by atoms with Gasteiger partial charge in [0.1, 0.15) is 0 Å². The van der Waals surface area contributed by atoms with E-state index in [4.69, 9.17) is 0 Å². The molecule has 0 atom stereocenters. The average Bonchev–Trinajstić information content (AvgIpc) is 2.67. The molecule has 0 aliphatic carbocycles. The fourth-order valence-electron chi connectivity index (χ4n) is 1.92. The molecular weight excluding hydrogens is 188 g/mol. The fraction of sp³-hybridized carbons (Fsp3) is 0.750. The second-order valence-electron chi connectivity index (χ2n) is 4.39. The monoisotopic (exact) mass is 210 g/mol. The molecule has 1 aromatic heterocycles. The molecule has 0 fully saturated rings. The van der Waals surface area contributed by atoms with Crippen LogP contribution in [0.5, 0.6) is 0 Å². The van der Waals surface area contributed by atoms with Crippen LogP contribution in [-0.2, 0) is 13.5 Å². The van der Waals surface area contributed by atoms with E-state index >= 15 is 0 Å². The van der Waals surface area contributed by atoms with Crippen molar-refractivity contribution in [3.8, 4) is 0 Å². The summed E-state index contributed by atoms with van der Waals surface area (Å²) in [6.45, 7) is 4.60. The molecule has 0 spiro atoms. The first-order chi connectivity index (χ1) is 7.15. The van der Waals surface area contributed by atoms with Crippen LogP contribution in [0.2, 0.25) is 0 Å². The number of hydrogen-bond donors (Lipinski definition) is 1. The van der Waals surface area contributed by atoms with Crippen molar-refractivity contribution < 1.29 is 5.11 Å². The summed E-state index contributed by atoms with van der Waals surface area (Å²) in [6.07, 6.45) is 8.10. The summed E-state index contributed by atoms with van der Waals surface area (Å²) < 4.78 is 1.83. The zero-order chi connectivity index (χ0) is 11.3. The van der Waals surface area contributed by atoms with Gasteiger partial charge in [-0.3, -0.25) is 4.68 Å². The van der Waals surface area contributed by atoms with Crippen molar-refractivity contribution in [1.82, 2.24) is 9.78 Å². The zero-order valence-corrected chi connectivity index (χ0v) is 10.0. The van der Waals surface area contributed by atoms with Crippen molar-refractivity contribution in [2.24, 2.45) is 12.5 Å². The second kappa shape index (κ2) is 5.31. The second-order valence-corrected chi connectivity index (χ2v) is 4.39. The lowest BCUT2D eigenvalue weighted by molar-refractivity contribution is 0.106. The van der Waals surface area contributed by atoms with Crippen LogP contribution in [0.25, 0.3) is 0 Å². The molecule has 0 aromatic carbocycles. The van der Waals surface area contributed by atoms with Gasteiger partial charge < -0.3 is 5.11 Å². The number of rotatable bonds is 6. The van der Waals surface area contributed by atoms with Gasteiger partial charge in [-0.25, -0.2) is 0 Å². The van der Waals surface area contributed by atoms with Crippen molar-refractivity contribution in [2.45, 2.75) is 39.5 Å². The van der Waals surface area contributed by atoms with Crippen LogP contribution in [0.15, 0.2) is 12.4 Å². The molecule has 0 amide bonds. The first kappa shape index (κ1) is 12.2. The Balaban J connectivity index is 2.54. The SMILES string of the molecule is CCC(CC)(CO)CCc1cnn(C)c1. The zero-order valence-electron chi connectivity index (χ0n) is 10.0. The summed E-state index contributed by atoms with van der Waals surface area (Å²) in [4.78, 5) is 0. The molecule has 0 unspecified atom stereocenters. The smallest absolute Gasteiger partial charge is 0.0521 e. The highest BCUT2D eigenvalue weighted by molar-refractivity contribution is 5.04. The van der Waals surface area contributed by atoms with Crippen LogP contribution in [0.1, 0.15) is 38.7 Å². The lowest BCUT2D eigenvalue weighted by atomic mass is 9.78. The summed E-state index contributed by atoms with van der Waals surface area (Å²) >= 11 is 0. The number of aromatic nitrogens is 2. The minimum absolute atomic E-state index is 0.107. The maximum Gasteiger partial charge on any atom is 0.0521 e. The van der Waals surface area contributed by atoms with Gasteiger partial charge in [-0.1, -0.05) is 13.8 Å². The summed E-state index contributed by atoms with van der Waals surface area (Å²) in [5.74, 6) is 0. The number of aryl methyl sites for hydroxylation is 2. The van der Waals surface area contributed by atoms with Gasteiger partial charge in [-0.15, -0.1) is 0 Å². The highest BCUT2D eigenvalue weighted by atomic mass is 16.3. The van der Waals surface area contributed by atoms with E-state index in [1.54, 1.807) is 0 Å². The number of nitrogens with zero attached hydrogens (tertiary/aromatic N) is 2. The third-order valence-electron chi connectivity index (χ3n) is 3.54. The molecule has 0 bridgehead atoms. The standard InChI is InChI=1S/C12H22N2O/c1-4-12(5-2,10-15)7-6-11-8-13-14(3)9-11/h8-9,15H,4-7,10H2,1-3H3.